The SMILES string of the molecule is CCNC(CCC(F)(F)F)C1CCOCC1. The summed E-state index contributed by atoms with van der Waals surface area (Å²) in [7, 11) is 0. The molecule has 0 spiro atoms. The second kappa shape index (κ2) is 6.45. The van der Waals surface area contributed by atoms with Gasteiger partial charge in [0.2, 0.25) is 0 Å². The summed E-state index contributed by atoms with van der Waals surface area (Å²) >= 11 is 0. The topological polar surface area (TPSA) is 21.3 Å². The molecule has 2 nitrogen and oxygen atoms in total. The van der Waals surface area contributed by atoms with Crippen molar-refractivity contribution in [1.82, 2.24) is 5.32 Å². The summed E-state index contributed by atoms with van der Waals surface area (Å²) in [4.78, 5) is 0. The minimum Gasteiger partial charge on any atom is -0.381 e. The smallest absolute Gasteiger partial charge is 0.381 e. The third-order valence-corrected chi connectivity index (χ3v) is 3.04. The maximum Gasteiger partial charge on any atom is 0.389 e. The largest absolute Gasteiger partial charge is 0.389 e. The molecule has 96 valence electrons. The highest BCUT2D eigenvalue weighted by Crippen LogP contribution is 2.27. The molecule has 0 aromatic carbocycles. The number of hydrogen-bond donors (Lipinski definition) is 1. The Morgan fingerprint density at radius 1 is 1.31 bits per heavy atom. The van der Waals surface area contributed by atoms with Gasteiger partial charge >= 0.3 is 6.18 Å². The fraction of sp³-hybridized carbons (Fsp3) is 1.00. The molecule has 0 aromatic rings. The van der Waals surface area contributed by atoms with Gasteiger partial charge in [-0.25, -0.2) is 0 Å². The van der Waals surface area contributed by atoms with Gasteiger partial charge in [0.25, 0.3) is 0 Å². The lowest BCUT2D eigenvalue weighted by Crippen LogP contribution is -2.39. The molecule has 1 saturated heterocycles. The Kier molecular flexibility index (Phi) is 5.55. The van der Waals surface area contributed by atoms with Gasteiger partial charge in [0.05, 0.1) is 0 Å². The van der Waals surface area contributed by atoms with Crippen molar-refractivity contribution in [3.8, 4) is 0 Å². The normalized spacial score (nSPS) is 21.0. The Morgan fingerprint density at radius 3 is 2.44 bits per heavy atom. The van der Waals surface area contributed by atoms with Gasteiger partial charge in [-0.2, -0.15) is 13.2 Å². The number of ether oxygens (including phenoxy) is 1. The van der Waals surface area contributed by atoms with Crippen LogP contribution in [0.2, 0.25) is 0 Å². The maximum absolute atomic E-state index is 12.2. The summed E-state index contributed by atoms with van der Waals surface area (Å²) in [5.74, 6) is 0.330. The summed E-state index contributed by atoms with van der Waals surface area (Å²) in [5, 5.41) is 3.17. The molecule has 0 aliphatic carbocycles. The zero-order valence-corrected chi connectivity index (χ0v) is 9.65. The van der Waals surface area contributed by atoms with Crippen molar-refractivity contribution in [3.63, 3.8) is 0 Å². The lowest BCUT2D eigenvalue weighted by molar-refractivity contribution is -0.137. The molecular formula is C11H20F3NO. The van der Waals surface area contributed by atoms with E-state index in [1.54, 1.807) is 0 Å². The van der Waals surface area contributed by atoms with Crippen molar-refractivity contribution in [2.75, 3.05) is 19.8 Å². The fourth-order valence-electron chi connectivity index (χ4n) is 2.20. The Balaban J connectivity index is 2.39. The third kappa shape index (κ3) is 5.16. The average molecular weight is 239 g/mol. The van der Waals surface area contributed by atoms with Crippen LogP contribution in [0.25, 0.3) is 0 Å². The molecule has 0 saturated carbocycles. The van der Waals surface area contributed by atoms with Crippen molar-refractivity contribution in [2.45, 2.75) is 44.8 Å². The van der Waals surface area contributed by atoms with Gasteiger partial charge in [-0.15, -0.1) is 0 Å². The number of halogens is 3. The van der Waals surface area contributed by atoms with Crippen LogP contribution in [0, 0.1) is 5.92 Å². The quantitative estimate of drug-likeness (QED) is 0.796. The Hall–Kier alpha value is -0.290. The molecule has 1 aliphatic rings. The average Bonchev–Trinajstić information content (AvgIpc) is 2.24. The Bertz CT molecular complexity index is 190. The summed E-state index contributed by atoms with van der Waals surface area (Å²) < 4.78 is 41.7. The van der Waals surface area contributed by atoms with Crippen molar-refractivity contribution >= 4 is 0 Å². The molecule has 5 heteroatoms. The summed E-state index contributed by atoms with van der Waals surface area (Å²) in [6.45, 7) is 4.01. The van der Waals surface area contributed by atoms with Gasteiger partial charge in [-0.3, -0.25) is 0 Å². The van der Waals surface area contributed by atoms with E-state index in [1.807, 2.05) is 6.92 Å². The summed E-state index contributed by atoms with van der Waals surface area (Å²) in [6, 6.07) is -0.0180. The van der Waals surface area contributed by atoms with Gasteiger partial charge in [0.15, 0.2) is 0 Å². The molecule has 1 unspecified atom stereocenters. The number of rotatable bonds is 5. The molecule has 16 heavy (non-hydrogen) atoms. The van der Waals surface area contributed by atoms with Crippen LogP contribution in [0.1, 0.15) is 32.6 Å². The lowest BCUT2D eigenvalue weighted by Gasteiger charge is -2.31. The van der Waals surface area contributed by atoms with Gasteiger partial charge < -0.3 is 10.1 Å². The molecule has 1 rings (SSSR count). The molecule has 0 amide bonds. The number of alkyl halides is 3. The van der Waals surface area contributed by atoms with E-state index in [0.717, 1.165) is 19.4 Å². The molecular weight excluding hydrogens is 219 g/mol. The van der Waals surface area contributed by atoms with E-state index >= 15 is 0 Å². The highest BCUT2D eigenvalue weighted by atomic mass is 19.4. The first-order valence-electron chi connectivity index (χ1n) is 5.91. The number of hydrogen-bond acceptors (Lipinski definition) is 2. The maximum atomic E-state index is 12.2. The predicted octanol–water partition coefficient (Wildman–Crippen LogP) is 2.73. The van der Waals surface area contributed by atoms with Crippen molar-refractivity contribution in [3.05, 3.63) is 0 Å². The van der Waals surface area contributed by atoms with E-state index in [2.05, 4.69) is 5.32 Å². The molecule has 1 heterocycles. The minimum atomic E-state index is -4.04. The molecule has 0 aromatic heterocycles. The van der Waals surface area contributed by atoms with Crippen LogP contribution in [0.4, 0.5) is 13.2 Å². The second-order valence-corrected chi connectivity index (χ2v) is 4.27. The van der Waals surface area contributed by atoms with Crippen LogP contribution in [-0.2, 0) is 4.74 Å². The first-order valence-corrected chi connectivity index (χ1v) is 5.91. The van der Waals surface area contributed by atoms with Gasteiger partial charge in [0, 0.05) is 25.7 Å². The predicted molar refractivity (Wildman–Crippen MR) is 56.3 cm³/mol. The molecule has 1 atom stereocenters. The van der Waals surface area contributed by atoms with Crippen molar-refractivity contribution in [2.24, 2.45) is 5.92 Å². The van der Waals surface area contributed by atoms with Gasteiger partial charge in [-0.1, -0.05) is 6.92 Å². The minimum absolute atomic E-state index is 0.0180. The summed E-state index contributed by atoms with van der Waals surface area (Å²) in [6.07, 6.45) is -2.81. The van der Waals surface area contributed by atoms with Crippen LogP contribution < -0.4 is 5.32 Å². The summed E-state index contributed by atoms with van der Waals surface area (Å²) in [5.41, 5.74) is 0. The molecule has 1 N–H and O–H groups in total. The first-order chi connectivity index (χ1) is 7.53. The van der Waals surface area contributed by atoms with Gasteiger partial charge in [-0.05, 0) is 31.7 Å². The van der Waals surface area contributed by atoms with Gasteiger partial charge in [0.1, 0.15) is 0 Å². The first kappa shape index (κ1) is 13.8. The molecule has 0 bridgehead atoms. The standard InChI is InChI=1S/C11H20F3NO/c1-2-15-10(3-6-11(12,13)14)9-4-7-16-8-5-9/h9-10,15H,2-8H2,1H3. The highest BCUT2D eigenvalue weighted by Gasteiger charge is 2.31. The van der Waals surface area contributed by atoms with E-state index in [0.29, 0.717) is 19.1 Å². The van der Waals surface area contributed by atoms with E-state index < -0.39 is 12.6 Å². The molecule has 0 radical (unpaired) electrons. The highest BCUT2D eigenvalue weighted by molar-refractivity contribution is 4.79. The molecule has 1 aliphatic heterocycles. The number of nitrogens with one attached hydrogen (secondary N) is 1. The van der Waals surface area contributed by atoms with E-state index in [4.69, 9.17) is 4.74 Å². The van der Waals surface area contributed by atoms with Crippen LogP contribution in [0.3, 0.4) is 0 Å². The van der Waals surface area contributed by atoms with Crippen LogP contribution in [0.5, 0.6) is 0 Å². The lowest BCUT2D eigenvalue weighted by atomic mass is 9.89. The fourth-order valence-corrected chi connectivity index (χ4v) is 2.20. The van der Waals surface area contributed by atoms with Crippen molar-refractivity contribution < 1.29 is 17.9 Å². The van der Waals surface area contributed by atoms with Crippen LogP contribution in [0.15, 0.2) is 0 Å². The molecule has 1 fully saturated rings. The Morgan fingerprint density at radius 2 is 1.94 bits per heavy atom. The third-order valence-electron chi connectivity index (χ3n) is 3.04. The van der Waals surface area contributed by atoms with E-state index in [-0.39, 0.29) is 12.5 Å². The monoisotopic (exact) mass is 239 g/mol. The zero-order chi connectivity index (χ0) is 12.0. The van der Waals surface area contributed by atoms with E-state index in [9.17, 15) is 13.2 Å². The zero-order valence-electron chi connectivity index (χ0n) is 9.65. The van der Waals surface area contributed by atoms with Crippen molar-refractivity contribution in [1.29, 1.82) is 0 Å². The van der Waals surface area contributed by atoms with E-state index in [1.165, 1.54) is 0 Å². The van der Waals surface area contributed by atoms with Crippen LogP contribution >= 0.6 is 0 Å². The second-order valence-electron chi connectivity index (χ2n) is 4.27. The van der Waals surface area contributed by atoms with Crippen LogP contribution in [-0.4, -0.2) is 32.0 Å². The Labute approximate surface area is 94.5 Å².